The molecule has 0 unspecified atom stereocenters. The number of nitrogens with zero attached hydrogens (tertiary/aromatic N) is 2. The van der Waals surface area contributed by atoms with Crippen molar-refractivity contribution in [3.63, 3.8) is 0 Å². The topological polar surface area (TPSA) is 37.5 Å². The van der Waals surface area contributed by atoms with Crippen molar-refractivity contribution in [2.24, 2.45) is 35.0 Å². The molecule has 4 aliphatic carbocycles. The predicted octanol–water partition coefficient (Wildman–Crippen LogP) is 5.82. The fraction of sp³-hybridized carbons (Fsp3) is 0.731. The van der Waals surface area contributed by atoms with Crippen LogP contribution >= 0.6 is 0 Å². The normalized spacial score (nSPS) is 46.9. The second-order valence-corrected chi connectivity index (χ2v) is 11.5. The molecule has 2 aromatic heterocycles. The highest BCUT2D eigenvalue weighted by atomic mass is 16.3. The van der Waals surface area contributed by atoms with Crippen LogP contribution in [-0.2, 0) is 0 Å². The van der Waals surface area contributed by atoms with Crippen LogP contribution in [0.4, 0.5) is 0 Å². The third kappa shape index (κ3) is 2.76. The molecule has 156 valence electrons. The number of pyridine rings is 1. The smallest absolute Gasteiger partial charge is 0.136 e. The number of aromatic nitrogens is 2. The molecule has 0 saturated heterocycles. The van der Waals surface area contributed by atoms with Crippen LogP contribution in [0.5, 0.6) is 0 Å². The minimum atomic E-state index is -0.404. The van der Waals surface area contributed by atoms with Gasteiger partial charge in [0.25, 0.3) is 0 Å². The summed E-state index contributed by atoms with van der Waals surface area (Å²) in [5.41, 5.74) is 2.45. The lowest BCUT2D eigenvalue weighted by Crippen LogP contribution is -2.50. The molecule has 3 nitrogen and oxygen atoms in total. The SMILES string of the molecule is C[C@@]1(O)CC[C@H]2[C@@H](CC[C@@H]3[C@@H]2CC[C@]2(C)[C@@H](c4cn5ccccc5n4)CC[C@@H]32)C1. The van der Waals surface area contributed by atoms with E-state index in [4.69, 9.17) is 4.98 Å². The lowest BCUT2D eigenvalue weighted by atomic mass is 9.49. The van der Waals surface area contributed by atoms with Gasteiger partial charge in [-0.3, -0.25) is 0 Å². The molecule has 2 aromatic rings. The Bertz CT molecular complexity index is 883. The largest absolute Gasteiger partial charge is 0.390 e. The minimum absolute atomic E-state index is 0.404. The Hall–Kier alpha value is -1.35. The molecular weight excluding hydrogens is 356 g/mol. The summed E-state index contributed by atoms with van der Waals surface area (Å²) in [5.74, 6) is 4.99. The van der Waals surface area contributed by atoms with Crippen molar-refractivity contribution >= 4 is 5.65 Å². The first kappa shape index (κ1) is 18.4. The third-order valence-electron chi connectivity index (χ3n) is 9.98. The van der Waals surface area contributed by atoms with Gasteiger partial charge in [-0.2, -0.15) is 0 Å². The van der Waals surface area contributed by atoms with E-state index >= 15 is 0 Å². The fourth-order valence-electron chi connectivity index (χ4n) is 8.69. The van der Waals surface area contributed by atoms with Gasteiger partial charge in [-0.1, -0.05) is 13.0 Å². The van der Waals surface area contributed by atoms with Crippen LogP contribution in [0, 0.1) is 35.0 Å². The number of rotatable bonds is 1. The summed E-state index contributed by atoms with van der Waals surface area (Å²) in [6.45, 7) is 4.68. The summed E-state index contributed by atoms with van der Waals surface area (Å²) in [6.07, 6.45) is 16.0. The van der Waals surface area contributed by atoms with Crippen molar-refractivity contribution in [3.8, 4) is 0 Å². The number of hydrogen-bond donors (Lipinski definition) is 1. The van der Waals surface area contributed by atoms with Gasteiger partial charge in [-0.25, -0.2) is 4.98 Å². The Balaban J connectivity index is 1.27. The third-order valence-corrected chi connectivity index (χ3v) is 9.98. The molecule has 0 amide bonds. The Labute approximate surface area is 174 Å². The zero-order valence-electron chi connectivity index (χ0n) is 18.1. The average Bonchev–Trinajstić information content (AvgIpc) is 3.27. The molecule has 2 heterocycles. The first-order chi connectivity index (χ1) is 13.9. The Kier molecular flexibility index (Phi) is 4.02. The van der Waals surface area contributed by atoms with Crippen LogP contribution in [0.1, 0.15) is 83.2 Å². The van der Waals surface area contributed by atoms with E-state index in [2.05, 4.69) is 48.8 Å². The molecule has 0 bridgehead atoms. The molecule has 8 atom stereocenters. The van der Waals surface area contributed by atoms with Gasteiger partial charge in [-0.05, 0) is 112 Å². The molecular formula is C26H36N2O. The summed E-state index contributed by atoms with van der Waals surface area (Å²) < 4.78 is 2.21. The van der Waals surface area contributed by atoms with Crippen molar-refractivity contribution in [2.75, 3.05) is 0 Å². The highest BCUT2D eigenvalue weighted by molar-refractivity contribution is 5.40. The minimum Gasteiger partial charge on any atom is -0.390 e. The van der Waals surface area contributed by atoms with E-state index in [9.17, 15) is 5.11 Å². The van der Waals surface area contributed by atoms with Gasteiger partial charge < -0.3 is 9.51 Å². The summed E-state index contributed by atoms with van der Waals surface area (Å²) in [5, 5.41) is 10.6. The molecule has 0 spiro atoms. The number of aliphatic hydroxyl groups is 1. The molecule has 4 saturated carbocycles. The van der Waals surface area contributed by atoms with Crippen molar-refractivity contribution in [2.45, 2.75) is 83.2 Å². The maximum absolute atomic E-state index is 10.6. The lowest BCUT2D eigenvalue weighted by molar-refractivity contribution is -0.0959. The van der Waals surface area contributed by atoms with Crippen LogP contribution in [0.2, 0.25) is 0 Å². The highest BCUT2D eigenvalue weighted by Gasteiger charge is 2.58. The monoisotopic (exact) mass is 392 g/mol. The standard InChI is InChI=1S/C26H36N2O/c1-25(29)12-10-18-17(15-25)6-7-20-19(18)11-13-26(2)21(20)8-9-22(26)23-16-28-14-4-3-5-24(28)27-23/h3-5,14,16-22,29H,6-13,15H2,1-2H3/t17-,18-,19+,20+,21-,22+,25+,26-/m0/s1. The molecule has 4 aliphatic rings. The average molecular weight is 393 g/mol. The van der Waals surface area contributed by atoms with E-state index in [-0.39, 0.29) is 0 Å². The zero-order chi connectivity index (χ0) is 19.8. The molecule has 6 rings (SSSR count). The van der Waals surface area contributed by atoms with Crippen LogP contribution in [0.25, 0.3) is 5.65 Å². The fourth-order valence-corrected chi connectivity index (χ4v) is 8.69. The molecule has 0 aromatic carbocycles. The maximum Gasteiger partial charge on any atom is 0.136 e. The molecule has 0 aliphatic heterocycles. The summed E-state index contributed by atoms with van der Waals surface area (Å²) in [6, 6.07) is 6.33. The van der Waals surface area contributed by atoms with Gasteiger partial charge in [-0.15, -0.1) is 0 Å². The van der Waals surface area contributed by atoms with Crippen LogP contribution < -0.4 is 0 Å². The number of imidazole rings is 1. The Morgan fingerprint density at radius 2 is 1.83 bits per heavy atom. The molecule has 1 N–H and O–H groups in total. The Morgan fingerprint density at radius 3 is 2.69 bits per heavy atom. The van der Waals surface area contributed by atoms with Crippen LogP contribution in [0.15, 0.2) is 30.6 Å². The summed E-state index contributed by atoms with van der Waals surface area (Å²) in [7, 11) is 0. The first-order valence-corrected chi connectivity index (χ1v) is 12.1. The van der Waals surface area contributed by atoms with Gasteiger partial charge in [0.2, 0.25) is 0 Å². The highest BCUT2D eigenvalue weighted by Crippen LogP contribution is 2.66. The van der Waals surface area contributed by atoms with E-state index in [1.54, 1.807) is 0 Å². The number of fused-ring (bicyclic) bond motifs is 6. The lowest BCUT2D eigenvalue weighted by Gasteiger charge is -2.57. The van der Waals surface area contributed by atoms with Gasteiger partial charge in [0.1, 0.15) is 5.65 Å². The van der Waals surface area contributed by atoms with Crippen molar-refractivity contribution < 1.29 is 5.11 Å². The molecule has 0 radical (unpaired) electrons. The maximum atomic E-state index is 10.6. The summed E-state index contributed by atoms with van der Waals surface area (Å²) >= 11 is 0. The van der Waals surface area contributed by atoms with E-state index in [0.29, 0.717) is 11.3 Å². The predicted molar refractivity (Wildman–Crippen MR) is 116 cm³/mol. The van der Waals surface area contributed by atoms with E-state index in [1.807, 2.05) is 0 Å². The van der Waals surface area contributed by atoms with Crippen LogP contribution in [0.3, 0.4) is 0 Å². The summed E-state index contributed by atoms with van der Waals surface area (Å²) in [4.78, 5) is 5.05. The van der Waals surface area contributed by atoms with Crippen molar-refractivity contribution in [3.05, 3.63) is 36.3 Å². The van der Waals surface area contributed by atoms with Crippen LogP contribution in [-0.4, -0.2) is 20.1 Å². The Morgan fingerprint density at radius 1 is 0.966 bits per heavy atom. The zero-order valence-corrected chi connectivity index (χ0v) is 18.1. The molecule has 3 heteroatoms. The van der Waals surface area contributed by atoms with E-state index in [1.165, 1.54) is 50.6 Å². The second-order valence-electron chi connectivity index (χ2n) is 11.5. The quantitative estimate of drug-likeness (QED) is 0.664. The first-order valence-electron chi connectivity index (χ1n) is 12.1. The second kappa shape index (κ2) is 6.33. The van der Waals surface area contributed by atoms with Crippen molar-refractivity contribution in [1.82, 2.24) is 9.38 Å². The van der Waals surface area contributed by atoms with Crippen molar-refractivity contribution in [1.29, 1.82) is 0 Å². The van der Waals surface area contributed by atoms with Gasteiger partial charge in [0, 0.05) is 18.3 Å². The van der Waals surface area contributed by atoms with Gasteiger partial charge in [0.15, 0.2) is 0 Å². The van der Waals surface area contributed by atoms with E-state index < -0.39 is 5.60 Å². The molecule has 29 heavy (non-hydrogen) atoms. The van der Waals surface area contributed by atoms with E-state index in [0.717, 1.165) is 48.1 Å². The molecule has 4 fully saturated rings. The van der Waals surface area contributed by atoms with Gasteiger partial charge >= 0.3 is 0 Å². The van der Waals surface area contributed by atoms with Gasteiger partial charge in [0.05, 0.1) is 11.3 Å². The number of hydrogen-bond acceptors (Lipinski definition) is 2.